The molecule has 0 bridgehead atoms. The molecule has 128 valence electrons. The first kappa shape index (κ1) is 16.8. The summed E-state index contributed by atoms with van der Waals surface area (Å²) in [5.41, 5.74) is 6.21. The summed E-state index contributed by atoms with van der Waals surface area (Å²) in [5.74, 6) is 1.36. The zero-order chi connectivity index (χ0) is 17.5. The summed E-state index contributed by atoms with van der Waals surface area (Å²) in [5, 5.41) is 7.41. The summed E-state index contributed by atoms with van der Waals surface area (Å²) >= 11 is 5.82. The number of aromatic amines is 1. The molecule has 1 aromatic heterocycles. The maximum absolute atomic E-state index is 11.9. The number of ether oxygens (including phenoxy) is 1. The average Bonchev–Trinajstić information content (AvgIpc) is 3.08. The smallest absolute Gasteiger partial charge is 0.246 e. The van der Waals surface area contributed by atoms with E-state index in [9.17, 15) is 4.79 Å². The van der Waals surface area contributed by atoms with Crippen LogP contribution in [0.2, 0.25) is 5.02 Å². The van der Waals surface area contributed by atoms with Crippen LogP contribution in [0.5, 0.6) is 5.75 Å². The highest BCUT2D eigenvalue weighted by Gasteiger charge is 2.09. The van der Waals surface area contributed by atoms with Crippen molar-refractivity contribution >= 4 is 23.2 Å². The predicted molar refractivity (Wildman–Crippen MR) is 94.1 cm³/mol. The quantitative estimate of drug-likeness (QED) is 0.565. The first-order valence-electron chi connectivity index (χ1n) is 7.57. The molecule has 25 heavy (non-hydrogen) atoms. The topological polar surface area (TPSA) is 91.9 Å². The van der Waals surface area contributed by atoms with Crippen molar-refractivity contribution in [1.29, 1.82) is 0 Å². The first-order valence-corrected chi connectivity index (χ1v) is 7.95. The maximum Gasteiger partial charge on any atom is 0.246 e. The Morgan fingerprint density at radius 2 is 1.88 bits per heavy atom. The van der Waals surface area contributed by atoms with E-state index in [-0.39, 0.29) is 18.9 Å². The van der Waals surface area contributed by atoms with Gasteiger partial charge in [0.25, 0.3) is 0 Å². The minimum atomic E-state index is -0.243. The summed E-state index contributed by atoms with van der Waals surface area (Å²) < 4.78 is 5.57. The van der Waals surface area contributed by atoms with Crippen LogP contribution >= 0.6 is 11.6 Å². The first-order chi connectivity index (χ1) is 12.2. The zero-order valence-electron chi connectivity index (χ0n) is 13.2. The molecule has 0 fully saturated rings. The van der Waals surface area contributed by atoms with Crippen LogP contribution in [0.3, 0.4) is 0 Å². The highest BCUT2D eigenvalue weighted by atomic mass is 35.5. The van der Waals surface area contributed by atoms with Gasteiger partial charge in [-0.25, -0.2) is 4.98 Å². The number of hydrogen-bond acceptors (Lipinski definition) is 5. The Hall–Kier alpha value is -3.06. The lowest BCUT2D eigenvalue weighted by atomic mass is 10.3. The van der Waals surface area contributed by atoms with Crippen LogP contribution < -0.4 is 15.6 Å². The van der Waals surface area contributed by atoms with Gasteiger partial charge >= 0.3 is 0 Å². The van der Waals surface area contributed by atoms with Gasteiger partial charge in [0.05, 0.1) is 12.1 Å². The number of H-pyrrole nitrogens is 1. The van der Waals surface area contributed by atoms with Crippen molar-refractivity contribution in [2.24, 2.45) is 0 Å². The largest absolute Gasteiger partial charge is 0.486 e. The molecule has 3 aromatic rings. The number of hydrazine groups is 1. The molecule has 2 aromatic carbocycles. The molecule has 0 atom stereocenters. The fourth-order valence-corrected chi connectivity index (χ4v) is 2.14. The monoisotopic (exact) mass is 357 g/mol. The molecule has 1 amide bonds. The van der Waals surface area contributed by atoms with Gasteiger partial charge < -0.3 is 4.74 Å². The summed E-state index contributed by atoms with van der Waals surface area (Å²) in [4.78, 5) is 16.1. The van der Waals surface area contributed by atoms with Crippen LogP contribution in [0, 0.1) is 0 Å². The van der Waals surface area contributed by atoms with E-state index in [1.54, 1.807) is 24.3 Å². The fourth-order valence-electron chi connectivity index (χ4n) is 2.01. The highest BCUT2D eigenvalue weighted by Crippen LogP contribution is 2.16. The van der Waals surface area contributed by atoms with E-state index >= 15 is 0 Å². The van der Waals surface area contributed by atoms with Gasteiger partial charge in [-0.2, -0.15) is 5.10 Å². The number of nitrogens with zero attached hydrogens (tertiary/aromatic N) is 2. The van der Waals surface area contributed by atoms with Gasteiger partial charge in [-0.1, -0.05) is 29.8 Å². The number of halogens is 1. The molecule has 0 unspecified atom stereocenters. The minimum absolute atomic E-state index is 0.0529. The predicted octanol–water partition coefficient (Wildman–Crippen LogP) is 2.72. The number of nitrogens with one attached hydrogen (secondary N) is 3. The van der Waals surface area contributed by atoms with Crippen LogP contribution in [0.25, 0.3) is 0 Å². The van der Waals surface area contributed by atoms with E-state index in [1.807, 2.05) is 30.3 Å². The molecule has 0 aliphatic carbocycles. The summed E-state index contributed by atoms with van der Waals surface area (Å²) in [7, 11) is 0. The lowest BCUT2D eigenvalue weighted by Gasteiger charge is -2.06. The average molecular weight is 358 g/mol. The summed E-state index contributed by atoms with van der Waals surface area (Å²) in [6.07, 6.45) is 0.0529. The van der Waals surface area contributed by atoms with Gasteiger partial charge in [0.15, 0.2) is 11.6 Å². The number of carbonyl (C=O) groups is 1. The van der Waals surface area contributed by atoms with E-state index in [0.29, 0.717) is 22.4 Å². The SMILES string of the molecule is O=C(Cc1n[nH]c(COc2ccc(Cl)cc2)n1)NNc1ccccc1. The number of anilines is 1. The molecule has 3 rings (SSSR count). The Bertz CT molecular complexity index is 821. The normalized spacial score (nSPS) is 10.3. The molecular weight excluding hydrogens is 342 g/mol. The van der Waals surface area contributed by atoms with Crippen LogP contribution in [-0.2, 0) is 17.8 Å². The second-order valence-electron chi connectivity index (χ2n) is 5.16. The third kappa shape index (κ3) is 5.22. The molecule has 0 spiro atoms. The molecule has 0 saturated carbocycles. The Morgan fingerprint density at radius 3 is 2.64 bits per heavy atom. The van der Waals surface area contributed by atoms with Crippen LogP contribution in [0.15, 0.2) is 54.6 Å². The Kier molecular flexibility index (Phi) is 5.48. The number of rotatable bonds is 7. The van der Waals surface area contributed by atoms with Gasteiger partial charge in [0.1, 0.15) is 12.4 Å². The molecule has 0 saturated heterocycles. The van der Waals surface area contributed by atoms with E-state index in [0.717, 1.165) is 5.69 Å². The van der Waals surface area contributed by atoms with Gasteiger partial charge in [-0.05, 0) is 36.4 Å². The van der Waals surface area contributed by atoms with Crippen molar-refractivity contribution in [1.82, 2.24) is 20.6 Å². The number of para-hydroxylation sites is 1. The van der Waals surface area contributed by atoms with Crippen molar-refractivity contribution in [3.63, 3.8) is 0 Å². The van der Waals surface area contributed by atoms with Crippen LogP contribution in [0.4, 0.5) is 5.69 Å². The molecule has 0 aliphatic heterocycles. The second kappa shape index (κ2) is 8.16. The number of aromatic nitrogens is 3. The van der Waals surface area contributed by atoms with Crippen LogP contribution in [-0.4, -0.2) is 21.1 Å². The third-order valence-electron chi connectivity index (χ3n) is 3.21. The van der Waals surface area contributed by atoms with Crippen molar-refractivity contribution in [3.05, 3.63) is 71.3 Å². The number of benzene rings is 2. The highest BCUT2D eigenvalue weighted by molar-refractivity contribution is 6.30. The molecule has 8 heteroatoms. The van der Waals surface area contributed by atoms with E-state index < -0.39 is 0 Å². The molecule has 3 N–H and O–H groups in total. The third-order valence-corrected chi connectivity index (χ3v) is 3.46. The Labute approximate surface area is 149 Å². The van der Waals surface area contributed by atoms with E-state index in [4.69, 9.17) is 16.3 Å². The molecule has 7 nitrogen and oxygen atoms in total. The zero-order valence-corrected chi connectivity index (χ0v) is 14.0. The molecule has 0 radical (unpaired) electrons. The number of carbonyl (C=O) groups excluding carboxylic acids is 1. The van der Waals surface area contributed by atoms with Crippen molar-refractivity contribution in [3.8, 4) is 5.75 Å². The van der Waals surface area contributed by atoms with Crippen molar-refractivity contribution < 1.29 is 9.53 Å². The van der Waals surface area contributed by atoms with E-state index in [2.05, 4.69) is 26.0 Å². The van der Waals surface area contributed by atoms with Crippen molar-refractivity contribution in [2.45, 2.75) is 13.0 Å². The lowest BCUT2D eigenvalue weighted by Crippen LogP contribution is -2.31. The lowest BCUT2D eigenvalue weighted by molar-refractivity contribution is -0.120. The Balaban J connectivity index is 1.46. The van der Waals surface area contributed by atoms with Crippen LogP contribution in [0.1, 0.15) is 11.6 Å². The van der Waals surface area contributed by atoms with Gasteiger partial charge in [0.2, 0.25) is 5.91 Å². The standard InChI is InChI=1S/C17H16ClN5O2/c18-12-6-8-14(9-7-12)25-11-16-19-15(21-22-16)10-17(24)23-20-13-4-2-1-3-5-13/h1-9,20H,10-11H2,(H,23,24)(H,19,21,22). The second-order valence-corrected chi connectivity index (χ2v) is 5.59. The maximum atomic E-state index is 11.9. The molecule has 0 aliphatic rings. The molecule has 1 heterocycles. The number of hydrogen-bond donors (Lipinski definition) is 3. The van der Waals surface area contributed by atoms with E-state index in [1.165, 1.54) is 0 Å². The fraction of sp³-hybridized carbons (Fsp3) is 0.118. The van der Waals surface area contributed by atoms with Gasteiger partial charge in [0, 0.05) is 5.02 Å². The molecular formula is C17H16ClN5O2. The van der Waals surface area contributed by atoms with Gasteiger partial charge in [-0.15, -0.1) is 0 Å². The summed E-state index contributed by atoms with van der Waals surface area (Å²) in [6, 6.07) is 16.4. The Morgan fingerprint density at radius 1 is 1.12 bits per heavy atom. The van der Waals surface area contributed by atoms with Gasteiger partial charge in [-0.3, -0.25) is 20.7 Å². The summed E-state index contributed by atoms with van der Waals surface area (Å²) in [6.45, 7) is 0.221. The number of amides is 1. The minimum Gasteiger partial charge on any atom is -0.486 e. The van der Waals surface area contributed by atoms with Crippen molar-refractivity contribution in [2.75, 3.05) is 5.43 Å².